The number of carbonyl (C=O) groups is 4. The van der Waals surface area contributed by atoms with Crippen LogP contribution in [0.1, 0.15) is 95.4 Å². The van der Waals surface area contributed by atoms with Gasteiger partial charge in [-0.15, -0.1) is 0 Å². The van der Waals surface area contributed by atoms with E-state index < -0.39 is 75.7 Å². The first-order valence-electron chi connectivity index (χ1n) is 13.9. The molecule has 3 aliphatic rings. The molecule has 9 nitrogen and oxygen atoms in total. The number of aryl methyl sites for hydroxylation is 1. The molecular formula is C31H39NO8. The number of fused-ring (bicyclic) bond motifs is 3. The Bertz CT molecular complexity index is 1390. The average Bonchev–Trinajstić information content (AvgIpc) is 2.85. The number of nitrogens with two attached hydrogens (primary N) is 1. The van der Waals surface area contributed by atoms with E-state index in [1.807, 2.05) is 40.7 Å². The molecule has 0 bridgehead atoms. The van der Waals surface area contributed by atoms with Crippen LogP contribution in [0.3, 0.4) is 0 Å². The lowest BCUT2D eigenvalue weighted by Gasteiger charge is -2.52. The van der Waals surface area contributed by atoms with Crippen LogP contribution < -0.4 is 5.73 Å². The largest absolute Gasteiger partial charge is 0.508 e. The van der Waals surface area contributed by atoms with Crippen molar-refractivity contribution in [1.82, 2.24) is 0 Å². The maximum atomic E-state index is 14.2. The van der Waals surface area contributed by atoms with Crippen molar-refractivity contribution in [3.63, 3.8) is 0 Å². The molecule has 1 fully saturated rings. The molecule has 9 heteroatoms. The van der Waals surface area contributed by atoms with Crippen LogP contribution in [0, 0.1) is 17.8 Å². The van der Waals surface area contributed by atoms with Crippen LogP contribution in [-0.2, 0) is 31.0 Å². The van der Waals surface area contributed by atoms with Gasteiger partial charge in [0.25, 0.3) is 5.91 Å². The predicted molar refractivity (Wildman–Crippen MR) is 148 cm³/mol. The Morgan fingerprint density at radius 3 is 2.27 bits per heavy atom. The SMILES string of the molecule is CCCc1cc(C(C)(C)C)c(O)c2c1[C@H](C)[C@@H]1C(=C2O)C(=O)[C@]2(O)C(O)=C(C(N)=O)C(=O)C[C@@H]2[C@H]1CC(=O)CC. The Morgan fingerprint density at radius 2 is 1.75 bits per heavy atom. The van der Waals surface area contributed by atoms with Gasteiger partial charge in [0.2, 0.25) is 5.78 Å². The van der Waals surface area contributed by atoms with Crippen LogP contribution in [0.4, 0.5) is 0 Å². The topological polar surface area (TPSA) is 175 Å². The summed E-state index contributed by atoms with van der Waals surface area (Å²) in [5, 5.41) is 46.2. The molecule has 6 N–H and O–H groups in total. The quantitative estimate of drug-likeness (QED) is 0.330. The number of ketones is 3. The number of Topliss-reactive ketones (excluding diaryl/α,β-unsaturated/α-hetero) is 3. The van der Waals surface area contributed by atoms with Crippen molar-refractivity contribution >= 4 is 29.0 Å². The number of phenolic OH excluding ortho intramolecular Hbond substituents is 1. The molecule has 0 radical (unpaired) electrons. The van der Waals surface area contributed by atoms with E-state index in [9.17, 15) is 39.6 Å². The second-order valence-corrected chi connectivity index (χ2v) is 12.5. The number of hydrogen-bond donors (Lipinski definition) is 5. The predicted octanol–water partition coefficient (Wildman–Crippen LogP) is 3.83. The van der Waals surface area contributed by atoms with Crippen LogP contribution in [-0.4, -0.2) is 49.3 Å². The van der Waals surface area contributed by atoms with E-state index in [1.54, 1.807) is 6.92 Å². The molecule has 40 heavy (non-hydrogen) atoms. The molecule has 0 aliphatic heterocycles. The monoisotopic (exact) mass is 553 g/mol. The first-order chi connectivity index (χ1) is 18.5. The third kappa shape index (κ3) is 4.08. The first kappa shape index (κ1) is 29.5. The summed E-state index contributed by atoms with van der Waals surface area (Å²) in [6, 6.07) is 1.93. The number of aliphatic hydroxyl groups is 3. The minimum atomic E-state index is -2.75. The molecule has 0 saturated heterocycles. The third-order valence-corrected chi connectivity index (χ3v) is 9.06. The third-order valence-electron chi connectivity index (χ3n) is 9.06. The van der Waals surface area contributed by atoms with Crippen LogP contribution in [0.2, 0.25) is 0 Å². The number of amides is 1. The van der Waals surface area contributed by atoms with Gasteiger partial charge in [0.1, 0.15) is 28.6 Å². The van der Waals surface area contributed by atoms with Crippen LogP contribution in [0.25, 0.3) is 5.76 Å². The summed E-state index contributed by atoms with van der Waals surface area (Å²) >= 11 is 0. The summed E-state index contributed by atoms with van der Waals surface area (Å²) in [5.74, 6) is -8.60. The Morgan fingerprint density at radius 1 is 1.12 bits per heavy atom. The van der Waals surface area contributed by atoms with Gasteiger partial charge in [-0.25, -0.2) is 0 Å². The maximum absolute atomic E-state index is 14.2. The van der Waals surface area contributed by atoms with Crippen molar-refractivity contribution in [3.8, 4) is 5.75 Å². The molecule has 1 amide bonds. The minimum Gasteiger partial charge on any atom is -0.508 e. The lowest BCUT2D eigenvalue weighted by atomic mass is 9.51. The van der Waals surface area contributed by atoms with Gasteiger partial charge in [-0.05, 0) is 34.8 Å². The van der Waals surface area contributed by atoms with Crippen molar-refractivity contribution in [2.45, 2.75) is 90.6 Å². The number of rotatable bonds is 6. The minimum absolute atomic E-state index is 0.0936. The highest BCUT2D eigenvalue weighted by atomic mass is 16.3. The number of hydrogen-bond acceptors (Lipinski definition) is 8. The van der Waals surface area contributed by atoms with Gasteiger partial charge in [0.15, 0.2) is 11.4 Å². The second-order valence-electron chi connectivity index (χ2n) is 12.5. The van der Waals surface area contributed by atoms with Crippen molar-refractivity contribution < 1.29 is 39.6 Å². The molecule has 3 aliphatic carbocycles. The van der Waals surface area contributed by atoms with Crippen LogP contribution in [0.15, 0.2) is 23.0 Å². The zero-order valence-electron chi connectivity index (χ0n) is 23.9. The van der Waals surface area contributed by atoms with E-state index in [-0.39, 0.29) is 35.5 Å². The standard InChI is InChI=1S/C31H39NO8/c1-7-9-14-10-18(30(4,5)6)25(35)23-20(14)13(3)21-16(11-15(33)8-2)17-12-19(34)22(29(32)39)27(37)31(17,40)28(38)24(21)26(23)36/h10,13,16-17,21,35-37,40H,7-9,11-12H2,1-6H3,(H2,32,39)/t13-,16+,17+,21-,31+/m0/s1. The Balaban J connectivity index is 2.12. The van der Waals surface area contributed by atoms with Gasteiger partial charge in [0.05, 0.1) is 5.56 Å². The normalized spacial score (nSPS) is 28.3. The first-order valence-corrected chi connectivity index (χ1v) is 13.9. The summed E-state index contributed by atoms with van der Waals surface area (Å²) in [7, 11) is 0. The zero-order valence-corrected chi connectivity index (χ0v) is 23.9. The summed E-state index contributed by atoms with van der Waals surface area (Å²) < 4.78 is 0. The van der Waals surface area contributed by atoms with E-state index in [0.29, 0.717) is 17.5 Å². The van der Waals surface area contributed by atoms with Gasteiger partial charge in [-0.3, -0.25) is 19.2 Å². The number of aromatic hydroxyl groups is 1. The number of benzene rings is 1. The molecule has 0 aromatic heterocycles. The van der Waals surface area contributed by atoms with Gasteiger partial charge in [-0.1, -0.05) is 54.0 Å². The number of primary amides is 1. The molecule has 1 saturated carbocycles. The van der Waals surface area contributed by atoms with Gasteiger partial charge >= 0.3 is 0 Å². The lowest BCUT2D eigenvalue weighted by molar-refractivity contribution is -0.155. The van der Waals surface area contributed by atoms with E-state index in [4.69, 9.17) is 5.73 Å². The molecule has 0 spiro atoms. The van der Waals surface area contributed by atoms with Crippen LogP contribution in [0.5, 0.6) is 5.75 Å². The highest BCUT2D eigenvalue weighted by Crippen LogP contribution is 2.60. The van der Waals surface area contributed by atoms with E-state index in [0.717, 1.165) is 12.0 Å². The summed E-state index contributed by atoms with van der Waals surface area (Å²) in [4.78, 5) is 52.0. The summed E-state index contributed by atoms with van der Waals surface area (Å²) in [6.07, 6.45) is 0.968. The number of aliphatic hydroxyl groups excluding tert-OH is 2. The lowest BCUT2D eigenvalue weighted by Crippen LogP contribution is -2.62. The number of carbonyl (C=O) groups excluding carboxylic acids is 4. The Kier molecular flexibility index (Phi) is 7.28. The molecule has 4 rings (SSSR count). The molecule has 0 unspecified atom stereocenters. The van der Waals surface area contributed by atoms with E-state index in [1.165, 1.54) is 0 Å². The Labute approximate surface area is 233 Å². The van der Waals surface area contributed by atoms with E-state index >= 15 is 0 Å². The zero-order chi connectivity index (χ0) is 30.1. The maximum Gasteiger partial charge on any atom is 0.255 e. The molecule has 0 heterocycles. The van der Waals surface area contributed by atoms with E-state index in [2.05, 4.69) is 0 Å². The van der Waals surface area contributed by atoms with Crippen molar-refractivity contribution in [3.05, 3.63) is 45.2 Å². The molecule has 1 aromatic rings. The van der Waals surface area contributed by atoms with Crippen molar-refractivity contribution in [2.75, 3.05) is 0 Å². The molecular weight excluding hydrogens is 514 g/mol. The van der Waals surface area contributed by atoms with Crippen molar-refractivity contribution in [2.24, 2.45) is 23.5 Å². The summed E-state index contributed by atoms with van der Waals surface area (Å²) in [5.41, 5.74) is 3.19. The molecule has 1 aromatic carbocycles. The molecule has 5 atom stereocenters. The fraction of sp³-hybridized carbons (Fsp3) is 0.548. The van der Waals surface area contributed by atoms with Crippen LogP contribution >= 0.6 is 0 Å². The highest BCUT2D eigenvalue weighted by Gasteiger charge is 2.65. The molecule has 216 valence electrons. The Hall–Kier alpha value is -3.46. The number of phenols is 1. The highest BCUT2D eigenvalue weighted by molar-refractivity contribution is 6.23. The van der Waals surface area contributed by atoms with Gasteiger partial charge in [0, 0.05) is 42.2 Å². The van der Waals surface area contributed by atoms with Gasteiger partial charge < -0.3 is 26.2 Å². The smallest absolute Gasteiger partial charge is 0.255 e. The second kappa shape index (κ2) is 9.87. The fourth-order valence-corrected chi connectivity index (χ4v) is 7.19. The van der Waals surface area contributed by atoms with Gasteiger partial charge in [-0.2, -0.15) is 0 Å². The average molecular weight is 554 g/mol. The summed E-state index contributed by atoms with van der Waals surface area (Å²) in [6.45, 7) is 11.3. The fourth-order valence-electron chi connectivity index (χ4n) is 7.19. The van der Waals surface area contributed by atoms with Crippen molar-refractivity contribution in [1.29, 1.82) is 0 Å².